The number of nitrogens with zero attached hydrogens (tertiary/aromatic N) is 2. The maximum atomic E-state index is 12.5. The summed E-state index contributed by atoms with van der Waals surface area (Å²) in [5.41, 5.74) is 0. The van der Waals surface area contributed by atoms with Crippen LogP contribution in [-0.2, 0) is 19.7 Å². The summed E-state index contributed by atoms with van der Waals surface area (Å²) in [5, 5.41) is 0. The third-order valence-electron chi connectivity index (χ3n) is 3.66. The first-order valence-corrected chi connectivity index (χ1v) is 8.13. The van der Waals surface area contributed by atoms with Crippen molar-refractivity contribution in [3.63, 3.8) is 0 Å². The summed E-state index contributed by atoms with van der Waals surface area (Å²) in [7, 11) is -0.730. The Bertz CT molecular complexity index is 391. The lowest BCUT2D eigenvalue weighted by atomic mass is 9.96. The van der Waals surface area contributed by atoms with Gasteiger partial charge in [0.15, 0.2) is 0 Å². The Morgan fingerprint density at radius 1 is 1.26 bits per heavy atom. The zero-order valence-electron chi connectivity index (χ0n) is 12.0. The summed E-state index contributed by atoms with van der Waals surface area (Å²) in [4.78, 5) is 11.3. The molecule has 0 aromatic heterocycles. The fourth-order valence-electron chi connectivity index (χ4n) is 2.38. The summed E-state index contributed by atoms with van der Waals surface area (Å²) in [6.45, 7) is 1.75. The highest BCUT2D eigenvalue weighted by atomic mass is 32.2. The molecule has 0 spiro atoms. The van der Waals surface area contributed by atoms with Crippen LogP contribution in [0.1, 0.15) is 39.0 Å². The lowest BCUT2D eigenvalue weighted by Crippen LogP contribution is -2.48. The summed E-state index contributed by atoms with van der Waals surface area (Å²) < 4.78 is 32.0. The van der Waals surface area contributed by atoms with Gasteiger partial charge in [-0.2, -0.15) is 17.0 Å². The summed E-state index contributed by atoms with van der Waals surface area (Å²) in [6.07, 6.45) is 5.09. The minimum atomic E-state index is -3.59. The Hall–Kier alpha value is -0.660. The summed E-state index contributed by atoms with van der Waals surface area (Å²) in [5.74, 6) is -0.539. The second-order valence-corrected chi connectivity index (χ2v) is 6.81. The van der Waals surface area contributed by atoms with Crippen LogP contribution < -0.4 is 0 Å². The largest absolute Gasteiger partial charge is 0.468 e. The van der Waals surface area contributed by atoms with Crippen LogP contribution in [0.5, 0.6) is 0 Å². The minimum absolute atomic E-state index is 0.0467. The number of ether oxygens (including phenoxy) is 1. The Balaban J connectivity index is 2.77. The number of carbonyl (C=O) groups excluding carboxylic acids is 1. The number of carbonyl (C=O) groups is 1. The average Bonchev–Trinajstić information content (AvgIpc) is 2.44. The quantitative estimate of drug-likeness (QED) is 0.685. The highest BCUT2D eigenvalue weighted by Gasteiger charge is 2.33. The molecule has 0 heterocycles. The van der Waals surface area contributed by atoms with Crippen LogP contribution in [0.4, 0.5) is 0 Å². The maximum absolute atomic E-state index is 12.5. The number of hydrogen-bond acceptors (Lipinski definition) is 4. The van der Waals surface area contributed by atoms with Crippen molar-refractivity contribution < 1.29 is 17.9 Å². The highest BCUT2D eigenvalue weighted by Crippen LogP contribution is 2.24. The molecular formula is C12H24N2O4S. The molecule has 0 aromatic carbocycles. The Morgan fingerprint density at radius 3 is 2.32 bits per heavy atom. The normalized spacial score (nSPS) is 17.9. The van der Waals surface area contributed by atoms with E-state index in [-0.39, 0.29) is 19.1 Å². The molecule has 1 aliphatic rings. The third-order valence-corrected chi connectivity index (χ3v) is 5.73. The molecule has 0 saturated heterocycles. The van der Waals surface area contributed by atoms with E-state index in [0.717, 1.165) is 30.0 Å². The van der Waals surface area contributed by atoms with Gasteiger partial charge in [0.05, 0.1) is 7.11 Å². The molecule has 1 aliphatic carbocycles. The molecule has 112 valence electrons. The molecular weight excluding hydrogens is 268 g/mol. The van der Waals surface area contributed by atoms with E-state index in [0.29, 0.717) is 0 Å². The van der Waals surface area contributed by atoms with Gasteiger partial charge in [-0.1, -0.05) is 26.2 Å². The molecule has 1 rings (SSSR count). The van der Waals surface area contributed by atoms with E-state index in [1.165, 1.54) is 17.8 Å². The van der Waals surface area contributed by atoms with E-state index in [1.54, 1.807) is 14.0 Å². The molecule has 1 fully saturated rings. The molecule has 0 atom stereocenters. The lowest BCUT2D eigenvalue weighted by Gasteiger charge is -2.33. The number of hydrogen-bond donors (Lipinski definition) is 0. The zero-order valence-corrected chi connectivity index (χ0v) is 12.8. The monoisotopic (exact) mass is 292 g/mol. The Kier molecular flexibility index (Phi) is 6.22. The van der Waals surface area contributed by atoms with E-state index in [9.17, 15) is 13.2 Å². The third kappa shape index (κ3) is 4.15. The van der Waals surface area contributed by atoms with Gasteiger partial charge < -0.3 is 4.74 Å². The first kappa shape index (κ1) is 16.4. The van der Waals surface area contributed by atoms with Crippen molar-refractivity contribution in [1.82, 2.24) is 8.61 Å². The molecule has 0 N–H and O–H groups in total. The van der Waals surface area contributed by atoms with E-state index < -0.39 is 16.2 Å². The molecule has 7 heteroatoms. The number of esters is 1. The van der Waals surface area contributed by atoms with Gasteiger partial charge in [0.1, 0.15) is 6.54 Å². The summed E-state index contributed by atoms with van der Waals surface area (Å²) >= 11 is 0. The van der Waals surface area contributed by atoms with Gasteiger partial charge in [-0.05, 0) is 12.8 Å². The number of likely N-dealkylation sites (N-methyl/N-ethyl adjacent to an activating group) is 1. The summed E-state index contributed by atoms with van der Waals surface area (Å²) in [6, 6.07) is 0.0467. The van der Waals surface area contributed by atoms with Gasteiger partial charge in [-0.25, -0.2) is 0 Å². The molecule has 0 unspecified atom stereocenters. The van der Waals surface area contributed by atoms with Crippen LogP contribution in [0.2, 0.25) is 0 Å². The minimum Gasteiger partial charge on any atom is -0.468 e. The van der Waals surface area contributed by atoms with Crippen molar-refractivity contribution in [2.75, 3.05) is 27.2 Å². The second kappa shape index (κ2) is 7.21. The van der Waals surface area contributed by atoms with Crippen molar-refractivity contribution in [3.05, 3.63) is 0 Å². The van der Waals surface area contributed by atoms with Crippen molar-refractivity contribution >= 4 is 16.2 Å². The van der Waals surface area contributed by atoms with Crippen molar-refractivity contribution in [2.45, 2.75) is 45.1 Å². The van der Waals surface area contributed by atoms with Crippen LogP contribution in [0, 0.1) is 0 Å². The van der Waals surface area contributed by atoms with Crippen molar-refractivity contribution in [2.24, 2.45) is 0 Å². The first-order valence-electron chi connectivity index (χ1n) is 6.73. The van der Waals surface area contributed by atoms with Gasteiger partial charge in [0.25, 0.3) is 10.2 Å². The van der Waals surface area contributed by atoms with E-state index >= 15 is 0 Å². The van der Waals surface area contributed by atoms with Gasteiger partial charge >= 0.3 is 5.97 Å². The predicted octanol–water partition coefficient (Wildman–Crippen LogP) is 0.991. The topological polar surface area (TPSA) is 66.9 Å². The fourth-order valence-corrected chi connectivity index (χ4v) is 3.93. The highest BCUT2D eigenvalue weighted by molar-refractivity contribution is 7.86. The number of methoxy groups -OCH3 is 1. The van der Waals surface area contributed by atoms with Crippen LogP contribution in [0.3, 0.4) is 0 Å². The maximum Gasteiger partial charge on any atom is 0.321 e. The van der Waals surface area contributed by atoms with Crippen molar-refractivity contribution in [1.29, 1.82) is 0 Å². The fraction of sp³-hybridized carbons (Fsp3) is 0.917. The SMILES string of the molecule is CCN(CC(=O)OC)S(=O)(=O)N(C)C1CCCCC1. The van der Waals surface area contributed by atoms with E-state index in [4.69, 9.17) is 0 Å². The van der Waals surface area contributed by atoms with Gasteiger partial charge in [0.2, 0.25) is 0 Å². The standard InChI is InChI=1S/C12H24N2O4S/c1-4-14(10-12(15)18-3)19(16,17)13(2)11-8-6-5-7-9-11/h11H,4-10H2,1-3H3. The van der Waals surface area contributed by atoms with Gasteiger partial charge in [-0.15, -0.1) is 0 Å². The molecule has 6 nitrogen and oxygen atoms in total. The van der Waals surface area contributed by atoms with Gasteiger partial charge in [-0.3, -0.25) is 4.79 Å². The van der Waals surface area contributed by atoms with E-state index in [1.807, 2.05) is 0 Å². The van der Waals surface area contributed by atoms with Crippen LogP contribution in [0.15, 0.2) is 0 Å². The molecule has 0 aliphatic heterocycles. The first-order chi connectivity index (χ1) is 8.93. The van der Waals surface area contributed by atoms with Crippen LogP contribution in [-0.4, -0.2) is 56.3 Å². The molecule has 19 heavy (non-hydrogen) atoms. The number of rotatable bonds is 6. The average molecular weight is 292 g/mol. The van der Waals surface area contributed by atoms with Gasteiger partial charge in [0, 0.05) is 19.6 Å². The van der Waals surface area contributed by atoms with Crippen LogP contribution in [0.25, 0.3) is 0 Å². The van der Waals surface area contributed by atoms with Crippen LogP contribution >= 0.6 is 0 Å². The van der Waals surface area contributed by atoms with E-state index in [2.05, 4.69) is 4.74 Å². The molecule has 0 aromatic rings. The van der Waals surface area contributed by atoms with Crippen molar-refractivity contribution in [3.8, 4) is 0 Å². The predicted molar refractivity (Wildman–Crippen MR) is 72.8 cm³/mol. The molecule has 0 radical (unpaired) electrons. The Morgan fingerprint density at radius 2 is 1.84 bits per heavy atom. The Labute approximate surface area is 115 Å². The second-order valence-electron chi connectivity index (χ2n) is 4.82. The zero-order chi connectivity index (χ0) is 14.5. The molecule has 0 bridgehead atoms. The molecule has 1 saturated carbocycles. The molecule has 0 amide bonds. The smallest absolute Gasteiger partial charge is 0.321 e. The lowest BCUT2D eigenvalue weighted by molar-refractivity contribution is -0.140.